The molecule has 1 aliphatic rings. The second-order valence-electron chi connectivity index (χ2n) is 6.55. The van der Waals surface area contributed by atoms with Crippen molar-refractivity contribution in [3.8, 4) is 0 Å². The minimum Gasteiger partial charge on any atom is -0.354 e. The Morgan fingerprint density at radius 3 is 2.57 bits per heavy atom. The first-order valence-electron chi connectivity index (χ1n) is 8.84. The van der Waals surface area contributed by atoms with Crippen molar-refractivity contribution in [2.75, 3.05) is 19.6 Å². The van der Waals surface area contributed by atoms with Gasteiger partial charge in [-0.1, -0.05) is 26.7 Å². The van der Waals surface area contributed by atoms with Gasteiger partial charge < -0.3 is 16.0 Å². The molecule has 3 atom stereocenters. The maximum absolute atomic E-state index is 12.1. The monoisotopic (exact) mass is 297 g/mol. The Morgan fingerprint density at radius 2 is 1.95 bits per heavy atom. The molecule has 0 saturated heterocycles. The summed E-state index contributed by atoms with van der Waals surface area (Å²) in [6.07, 6.45) is 7.46. The third-order valence-corrected chi connectivity index (χ3v) is 4.83. The van der Waals surface area contributed by atoms with Crippen molar-refractivity contribution in [3.63, 3.8) is 0 Å². The summed E-state index contributed by atoms with van der Waals surface area (Å²) < 4.78 is 0. The van der Waals surface area contributed by atoms with Crippen molar-refractivity contribution < 1.29 is 4.79 Å². The van der Waals surface area contributed by atoms with Crippen molar-refractivity contribution in [1.29, 1.82) is 0 Å². The van der Waals surface area contributed by atoms with Crippen molar-refractivity contribution >= 4 is 5.91 Å². The van der Waals surface area contributed by atoms with Crippen LogP contribution in [0.1, 0.15) is 65.7 Å². The van der Waals surface area contributed by atoms with Crippen LogP contribution in [0.5, 0.6) is 0 Å². The lowest BCUT2D eigenvalue weighted by Crippen LogP contribution is -2.39. The van der Waals surface area contributed by atoms with Gasteiger partial charge in [-0.3, -0.25) is 4.79 Å². The Kier molecular flexibility index (Phi) is 8.93. The smallest absolute Gasteiger partial charge is 0.220 e. The van der Waals surface area contributed by atoms with Crippen LogP contribution in [0.15, 0.2) is 0 Å². The van der Waals surface area contributed by atoms with Gasteiger partial charge in [0.15, 0.2) is 0 Å². The van der Waals surface area contributed by atoms with Gasteiger partial charge in [-0.15, -0.1) is 0 Å². The number of nitrogens with two attached hydrogens (primary N) is 1. The molecule has 124 valence electrons. The van der Waals surface area contributed by atoms with Crippen molar-refractivity contribution in [2.45, 2.75) is 77.8 Å². The average Bonchev–Trinajstić information content (AvgIpc) is 2.46. The van der Waals surface area contributed by atoms with E-state index in [-0.39, 0.29) is 18.0 Å². The Bertz CT molecular complexity index is 292. The van der Waals surface area contributed by atoms with Gasteiger partial charge in [0.25, 0.3) is 0 Å². The number of hydrogen-bond acceptors (Lipinski definition) is 3. The largest absolute Gasteiger partial charge is 0.354 e. The zero-order valence-electron chi connectivity index (χ0n) is 14.2. The first kappa shape index (κ1) is 18.4. The van der Waals surface area contributed by atoms with Crippen LogP contribution in [0.3, 0.4) is 0 Å². The van der Waals surface area contributed by atoms with E-state index in [9.17, 15) is 4.79 Å². The van der Waals surface area contributed by atoms with Crippen LogP contribution in [0.25, 0.3) is 0 Å². The molecule has 4 heteroatoms. The number of amides is 1. The summed E-state index contributed by atoms with van der Waals surface area (Å²) in [6.45, 7) is 9.85. The molecular formula is C17H35N3O. The molecule has 0 aliphatic heterocycles. The van der Waals surface area contributed by atoms with E-state index in [1.54, 1.807) is 0 Å². The van der Waals surface area contributed by atoms with Gasteiger partial charge in [-0.25, -0.2) is 0 Å². The molecule has 21 heavy (non-hydrogen) atoms. The first-order valence-corrected chi connectivity index (χ1v) is 8.84. The van der Waals surface area contributed by atoms with Gasteiger partial charge >= 0.3 is 0 Å². The quantitative estimate of drug-likeness (QED) is 0.687. The van der Waals surface area contributed by atoms with E-state index >= 15 is 0 Å². The molecule has 1 saturated carbocycles. The summed E-state index contributed by atoms with van der Waals surface area (Å²) in [4.78, 5) is 14.5. The molecule has 3 unspecified atom stereocenters. The lowest BCUT2D eigenvalue weighted by Gasteiger charge is -2.28. The molecule has 0 aromatic carbocycles. The summed E-state index contributed by atoms with van der Waals surface area (Å²) >= 11 is 0. The molecule has 0 bridgehead atoms. The van der Waals surface area contributed by atoms with Crippen LogP contribution >= 0.6 is 0 Å². The molecule has 0 spiro atoms. The molecule has 0 aromatic rings. The summed E-state index contributed by atoms with van der Waals surface area (Å²) in [5.74, 6) is 0.578. The molecule has 1 aliphatic carbocycles. The minimum absolute atomic E-state index is 0.188. The third-order valence-electron chi connectivity index (χ3n) is 4.83. The normalized spacial score (nSPS) is 24.0. The van der Waals surface area contributed by atoms with Crippen LogP contribution < -0.4 is 11.1 Å². The zero-order valence-corrected chi connectivity index (χ0v) is 14.2. The van der Waals surface area contributed by atoms with E-state index < -0.39 is 0 Å². The minimum atomic E-state index is 0.188. The number of rotatable bonds is 9. The fraction of sp³-hybridized carbons (Fsp3) is 0.941. The van der Waals surface area contributed by atoms with Crippen LogP contribution in [0.4, 0.5) is 0 Å². The maximum atomic E-state index is 12.1. The first-order chi connectivity index (χ1) is 10.1. The van der Waals surface area contributed by atoms with Crippen molar-refractivity contribution in [3.05, 3.63) is 0 Å². The number of nitrogens with one attached hydrogen (secondary N) is 1. The molecule has 4 nitrogen and oxygen atoms in total. The number of carbonyl (C=O) groups excluding carboxylic acids is 1. The van der Waals surface area contributed by atoms with Gasteiger partial charge in [-0.05, 0) is 58.2 Å². The Labute approximate surface area is 130 Å². The van der Waals surface area contributed by atoms with E-state index in [1.807, 2.05) is 0 Å². The van der Waals surface area contributed by atoms with Gasteiger partial charge in [0, 0.05) is 18.5 Å². The highest BCUT2D eigenvalue weighted by atomic mass is 16.1. The van der Waals surface area contributed by atoms with Gasteiger partial charge in [-0.2, -0.15) is 0 Å². The molecule has 0 radical (unpaired) electrons. The lowest BCUT2D eigenvalue weighted by molar-refractivity contribution is -0.123. The number of carbonyl (C=O) groups is 1. The summed E-state index contributed by atoms with van der Waals surface area (Å²) in [7, 11) is 0. The van der Waals surface area contributed by atoms with Crippen molar-refractivity contribution in [1.82, 2.24) is 10.2 Å². The fourth-order valence-corrected chi connectivity index (χ4v) is 3.29. The second-order valence-corrected chi connectivity index (χ2v) is 6.55. The van der Waals surface area contributed by atoms with Crippen LogP contribution in [0, 0.1) is 5.92 Å². The maximum Gasteiger partial charge on any atom is 0.220 e. The average molecular weight is 297 g/mol. The van der Waals surface area contributed by atoms with Crippen LogP contribution in [-0.4, -0.2) is 42.5 Å². The number of hydrogen-bond donors (Lipinski definition) is 2. The van der Waals surface area contributed by atoms with Crippen LogP contribution in [-0.2, 0) is 4.79 Å². The summed E-state index contributed by atoms with van der Waals surface area (Å²) in [5.41, 5.74) is 6.12. The highest BCUT2D eigenvalue weighted by Gasteiger charge is 2.24. The zero-order chi connectivity index (χ0) is 15.7. The molecule has 0 heterocycles. The third kappa shape index (κ3) is 7.28. The SMILES string of the molecule is CCN(CC)CCCC(C)NC(=O)CC1CCCCC1N. The van der Waals surface area contributed by atoms with Gasteiger partial charge in [0.1, 0.15) is 0 Å². The molecule has 3 N–H and O–H groups in total. The van der Waals surface area contributed by atoms with E-state index in [2.05, 4.69) is 31.0 Å². The Balaban J connectivity index is 2.18. The highest BCUT2D eigenvalue weighted by molar-refractivity contribution is 5.76. The molecule has 1 rings (SSSR count). The highest BCUT2D eigenvalue weighted by Crippen LogP contribution is 2.25. The Hall–Kier alpha value is -0.610. The summed E-state index contributed by atoms with van der Waals surface area (Å²) in [6, 6.07) is 0.496. The van der Waals surface area contributed by atoms with Crippen LogP contribution in [0.2, 0.25) is 0 Å². The molecule has 1 amide bonds. The van der Waals surface area contributed by atoms with Crippen molar-refractivity contribution in [2.24, 2.45) is 11.7 Å². The number of nitrogens with zero attached hydrogens (tertiary/aromatic N) is 1. The second kappa shape index (κ2) is 10.2. The molecule has 1 fully saturated rings. The molecular weight excluding hydrogens is 262 g/mol. The predicted molar refractivity (Wildman–Crippen MR) is 89.2 cm³/mol. The Morgan fingerprint density at radius 1 is 1.29 bits per heavy atom. The van der Waals surface area contributed by atoms with E-state index in [0.29, 0.717) is 12.3 Å². The fourth-order valence-electron chi connectivity index (χ4n) is 3.29. The lowest BCUT2D eigenvalue weighted by atomic mass is 9.83. The van der Waals surface area contributed by atoms with E-state index in [1.165, 1.54) is 12.8 Å². The molecule has 0 aromatic heterocycles. The van der Waals surface area contributed by atoms with Gasteiger partial charge in [0.05, 0.1) is 0 Å². The summed E-state index contributed by atoms with van der Waals surface area (Å²) in [5, 5.41) is 3.14. The standard InChI is InChI=1S/C17H35N3O/c1-4-20(5-2)12-8-9-14(3)19-17(21)13-15-10-6-7-11-16(15)18/h14-16H,4-13,18H2,1-3H3,(H,19,21). The topological polar surface area (TPSA) is 58.4 Å². The predicted octanol–water partition coefficient (Wildman–Crippen LogP) is 2.52. The van der Waals surface area contributed by atoms with E-state index in [4.69, 9.17) is 5.73 Å². The van der Waals surface area contributed by atoms with E-state index in [0.717, 1.165) is 45.3 Å². The van der Waals surface area contributed by atoms with Gasteiger partial charge in [0.2, 0.25) is 5.91 Å².